The number of aromatic hydroxyl groups is 1. The fourth-order valence-electron chi connectivity index (χ4n) is 2.35. The molecule has 0 aliphatic carbocycles. The van der Waals surface area contributed by atoms with E-state index in [0.717, 1.165) is 5.75 Å². The molecule has 2 aromatic rings. The molecule has 0 spiro atoms. The molecule has 0 unspecified atom stereocenters. The predicted octanol–water partition coefficient (Wildman–Crippen LogP) is 4.59. The van der Waals surface area contributed by atoms with E-state index in [1.165, 1.54) is 22.0 Å². The number of aromatic nitrogens is 1. The SMILES string of the molecule is C=CCn1c(O)c(C=C2N=C(C#N)C(=Nc3ccc(OCC)cc3)O2)sc1=S. The number of thiazole rings is 1. The molecule has 142 valence electrons. The second kappa shape index (κ2) is 8.65. The summed E-state index contributed by atoms with van der Waals surface area (Å²) in [6.07, 6.45) is 3.16. The largest absolute Gasteiger partial charge is 0.494 e. The van der Waals surface area contributed by atoms with Crippen LogP contribution in [0.5, 0.6) is 11.6 Å². The van der Waals surface area contributed by atoms with Gasteiger partial charge in [0.25, 0.3) is 5.90 Å². The molecular weight excluding hydrogens is 396 g/mol. The first-order valence-corrected chi connectivity index (χ1v) is 9.52. The fourth-order valence-corrected chi connectivity index (χ4v) is 3.60. The van der Waals surface area contributed by atoms with Crippen LogP contribution in [0.1, 0.15) is 11.8 Å². The number of hydrogen-bond donors (Lipinski definition) is 1. The topological polar surface area (TPSA) is 92.1 Å². The molecule has 1 aromatic carbocycles. The van der Waals surface area contributed by atoms with Gasteiger partial charge in [-0.2, -0.15) is 10.3 Å². The Bertz CT molecular complexity index is 1090. The summed E-state index contributed by atoms with van der Waals surface area (Å²) >= 11 is 6.44. The summed E-state index contributed by atoms with van der Waals surface area (Å²) in [5.41, 5.74) is 0.645. The highest BCUT2D eigenvalue weighted by Crippen LogP contribution is 2.30. The van der Waals surface area contributed by atoms with Gasteiger partial charge < -0.3 is 14.6 Å². The Balaban J connectivity index is 1.87. The molecule has 1 N–H and O–H groups in total. The number of nitrogens with zero attached hydrogens (tertiary/aromatic N) is 4. The number of rotatable bonds is 6. The van der Waals surface area contributed by atoms with Crippen molar-refractivity contribution in [2.45, 2.75) is 13.5 Å². The number of hydrogen-bond acceptors (Lipinski definition) is 8. The van der Waals surface area contributed by atoms with Crippen LogP contribution in [-0.4, -0.2) is 27.9 Å². The molecule has 2 heterocycles. The average Bonchev–Trinajstić information content (AvgIpc) is 3.19. The first kappa shape index (κ1) is 19.5. The molecule has 1 aliphatic rings. The molecule has 0 bridgehead atoms. The minimum atomic E-state index is -0.00314. The molecule has 7 nitrogen and oxygen atoms in total. The molecule has 1 aromatic heterocycles. The Kier molecular flexibility index (Phi) is 6.03. The monoisotopic (exact) mass is 412 g/mol. The van der Waals surface area contributed by atoms with Gasteiger partial charge in [0.05, 0.1) is 17.2 Å². The highest BCUT2D eigenvalue weighted by molar-refractivity contribution is 7.73. The summed E-state index contributed by atoms with van der Waals surface area (Å²) in [4.78, 5) is 8.93. The summed E-state index contributed by atoms with van der Waals surface area (Å²) in [7, 11) is 0. The molecule has 0 radical (unpaired) electrons. The summed E-state index contributed by atoms with van der Waals surface area (Å²) in [6, 6.07) is 9.04. The van der Waals surface area contributed by atoms with E-state index >= 15 is 0 Å². The number of ether oxygens (including phenoxy) is 2. The molecule has 0 saturated carbocycles. The Morgan fingerprint density at radius 3 is 2.86 bits per heavy atom. The minimum absolute atomic E-state index is 0.00314. The zero-order valence-corrected chi connectivity index (χ0v) is 16.6. The number of nitriles is 1. The molecule has 3 rings (SSSR count). The molecule has 9 heteroatoms. The lowest BCUT2D eigenvalue weighted by molar-refractivity contribution is 0.340. The van der Waals surface area contributed by atoms with Gasteiger partial charge in [0.15, 0.2) is 3.95 Å². The van der Waals surface area contributed by atoms with Crippen LogP contribution in [0.3, 0.4) is 0 Å². The van der Waals surface area contributed by atoms with Gasteiger partial charge in [0.2, 0.25) is 17.5 Å². The fraction of sp³-hybridized carbons (Fsp3) is 0.158. The summed E-state index contributed by atoms with van der Waals surface area (Å²) in [6.45, 7) is 6.51. The van der Waals surface area contributed by atoms with Gasteiger partial charge in [0, 0.05) is 12.6 Å². The quantitative estimate of drug-likeness (QED) is 0.553. The Labute approximate surface area is 170 Å². The second-order valence-corrected chi connectivity index (χ2v) is 7.13. The van der Waals surface area contributed by atoms with Crippen molar-refractivity contribution in [2.75, 3.05) is 6.61 Å². The lowest BCUT2D eigenvalue weighted by Crippen LogP contribution is -2.07. The number of allylic oxidation sites excluding steroid dienone is 1. The van der Waals surface area contributed by atoms with Crippen molar-refractivity contribution >= 4 is 46.9 Å². The van der Waals surface area contributed by atoms with Gasteiger partial charge in [0.1, 0.15) is 11.8 Å². The van der Waals surface area contributed by atoms with Crippen LogP contribution in [-0.2, 0) is 11.3 Å². The lowest BCUT2D eigenvalue weighted by Gasteiger charge is -2.03. The highest BCUT2D eigenvalue weighted by atomic mass is 32.1. The Hall–Kier alpha value is -3.22. The van der Waals surface area contributed by atoms with E-state index < -0.39 is 0 Å². The summed E-state index contributed by atoms with van der Waals surface area (Å²) in [5.74, 6) is 0.968. The van der Waals surface area contributed by atoms with Crippen LogP contribution in [0.2, 0.25) is 0 Å². The maximum Gasteiger partial charge on any atom is 0.258 e. The van der Waals surface area contributed by atoms with Gasteiger partial charge in [-0.25, -0.2) is 4.99 Å². The van der Waals surface area contributed by atoms with E-state index in [0.29, 0.717) is 27.7 Å². The van der Waals surface area contributed by atoms with Crippen molar-refractivity contribution in [1.82, 2.24) is 4.57 Å². The Morgan fingerprint density at radius 2 is 2.21 bits per heavy atom. The van der Waals surface area contributed by atoms with E-state index in [1.54, 1.807) is 30.3 Å². The van der Waals surface area contributed by atoms with Gasteiger partial charge >= 0.3 is 0 Å². The summed E-state index contributed by atoms with van der Waals surface area (Å²) < 4.78 is 13.0. The van der Waals surface area contributed by atoms with Crippen molar-refractivity contribution in [3.8, 4) is 17.7 Å². The van der Waals surface area contributed by atoms with Gasteiger partial charge in [-0.1, -0.05) is 6.08 Å². The molecular formula is C19H16N4O3S2. The molecule has 0 saturated heterocycles. The van der Waals surface area contributed by atoms with Crippen molar-refractivity contribution in [1.29, 1.82) is 5.26 Å². The lowest BCUT2D eigenvalue weighted by atomic mass is 10.3. The molecule has 0 atom stereocenters. The second-order valence-electron chi connectivity index (χ2n) is 5.46. The minimum Gasteiger partial charge on any atom is -0.494 e. The molecule has 1 aliphatic heterocycles. The van der Waals surface area contributed by atoms with E-state index in [9.17, 15) is 10.4 Å². The predicted molar refractivity (Wildman–Crippen MR) is 112 cm³/mol. The van der Waals surface area contributed by atoms with Crippen LogP contribution in [0.4, 0.5) is 5.69 Å². The third-order valence-corrected chi connectivity index (χ3v) is 4.96. The van der Waals surface area contributed by atoms with Crippen LogP contribution in [0.15, 0.2) is 52.8 Å². The van der Waals surface area contributed by atoms with Gasteiger partial charge in [-0.05, 0) is 43.4 Å². The van der Waals surface area contributed by atoms with Gasteiger partial charge in [-0.15, -0.1) is 17.9 Å². The molecule has 28 heavy (non-hydrogen) atoms. The number of benzene rings is 1. The summed E-state index contributed by atoms with van der Waals surface area (Å²) in [5, 5.41) is 19.6. The maximum atomic E-state index is 10.3. The third-order valence-electron chi connectivity index (χ3n) is 3.57. The average molecular weight is 412 g/mol. The zero-order chi connectivity index (χ0) is 20.1. The van der Waals surface area contributed by atoms with E-state index in [2.05, 4.69) is 16.6 Å². The first-order valence-electron chi connectivity index (χ1n) is 8.29. The first-order chi connectivity index (χ1) is 13.5. The van der Waals surface area contributed by atoms with Crippen LogP contribution in [0.25, 0.3) is 6.08 Å². The Morgan fingerprint density at radius 1 is 1.46 bits per heavy atom. The van der Waals surface area contributed by atoms with Crippen LogP contribution in [0, 0.1) is 15.3 Å². The van der Waals surface area contributed by atoms with Crippen LogP contribution < -0.4 is 4.74 Å². The third kappa shape index (κ3) is 4.19. The van der Waals surface area contributed by atoms with E-state index in [-0.39, 0.29) is 23.4 Å². The number of aliphatic imine (C=N–C) groups is 2. The highest BCUT2D eigenvalue weighted by Gasteiger charge is 2.23. The van der Waals surface area contributed by atoms with Crippen molar-refractivity contribution in [2.24, 2.45) is 9.98 Å². The molecule has 0 amide bonds. The zero-order valence-electron chi connectivity index (χ0n) is 15.0. The standard InChI is InChI=1S/C19H16N4O3S2/c1-3-9-23-18(24)15(28-19(23)27)10-16-22-14(11-20)17(26-16)21-12-5-7-13(8-6-12)25-4-2/h3,5-8,10,24H,1,4,9H2,2H3. The van der Waals surface area contributed by atoms with Crippen molar-refractivity contribution < 1.29 is 14.6 Å². The van der Waals surface area contributed by atoms with Crippen molar-refractivity contribution in [3.05, 3.63) is 51.6 Å². The molecule has 0 fully saturated rings. The van der Waals surface area contributed by atoms with E-state index in [4.69, 9.17) is 21.7 Å². The van der Waals surface area contributed by atoms with Gasteiger partial charge in [-0.3, -0.25) is 4.57 Å². The smallest absolute Gasteiger partial charge is 0.258 e. The van der Waals surface area contributed by atoms with E-state index in [1.807, 2.05) is 13.0 Å². The van der Waals surface area contributed by atoms with Crippen molar-refractivity contribution in [3.63, 3.8) is 0 Å². The maximum absolute atomic E-state index is 10.3. The normalized spacial score (nSPS) is 15.9. The van der Waals surface area contributed by atoms with Crippen LogP contribution >= 0.6 is 23.6 Å².